The van der Waals surface area contributed by atoms with Crippen molar-refractivity contribution < 1.29 is 9.53 Å². The number of esters is 1. The van der Waals surface area contributed by atoms with Gasteiger partial charge in [-0.1, -0.05) is 48.6 Å². The number of carbonyl (C=O) groups is 1. The number of allylic oxidation sites excluding steroid dienone is 3. The lowest BCUT2D eigenvalue weighted by Crippen LogP contribution is -2.02. The summed E-state index contributed by atoms with van der Waals surface area (Å²) in [6, 6.07) is 9.80. The van der Waals surface area contributed by atoms with E-state index in [1.165, 1.54) is 7.11 Å². The maximum Gasteiger partial charge on any atom is 0.337 e. The van der Waals surface area contributed by atoms with Gasteiger partial charge in [-0.3, -0.25) is 0 Å². The zero-order chi connectivity index (χ0) is 12.5. The third-order valence-electron chi connectivity index (χ3n) is 2.14. The van der Waals surface area contributed by atoms with Crippen LogP contribution in [-0.4, -0.2) is 13.1 Å². The lowest BCUT2D eigenvalue weighted by molar-refractivity contribution is -0.135. The number of methoxy groups -OCH3 is 1. The topological polar surface area (TPSA) is 26.3 Å². The van der Waals surface area contributed by atoms with E-state index in [-0.39, 0.29) is 5.97 Å². The molecule has 0 aromatic heterocycles. The SMILES string of the molecule is C/C=C/C=C(/C=C/c1ccccc1)C(=O)OC. The van der Waals surface area contributed by atoms with Crippen molar-refractivity contribution in [2.45, 2.75) is 6.92 Å². The Kier molecular flexibility index (Phi) is 5.52. The van der Waals surface area contributed by atoms with Crippen LogP contribution in [0.4, 0.5) is 0 Å². The van der Waals surface area contributed by atoms with Gasteiger partial charge in [-0.15, -0.1) is 0 Å². The molecular formula is C15H16O2. The van der Waals surface area contributed by atoms with E-state index in [0.717, 1.165) is 5.56 Å². The van der Waals surface area contributed by atoms with Crippen molar-refractivity contribution in [3.8, 4) is 0 Å². The smallest absolute Gasteiger partial charge is 0.337 e. The van der Waals surface area contributed by atoms with Crippen LogP contribution in [-0.2, 0) is 9.53 Å². The van der Waals surface area contributed by atoms with Crippen molar-refractivity contribution in [3.63, 3.8) is 0 Å². The number of rotatable bonds is 4. The zero-order valence-electron chi connectivity index (χ0n) is 10.1. The Morgan fingerprint density at radius 2 is 1.94 bits per heavy atom. The van der Waals surface area contributed by atoms with Crippen LogP contribution in [0.1, 0.15) is 12.5 Å². The molecule has 0 saturated heterocycles. The molecule has 0 aliphatic heterocycles. The molecule has 0 spiro atoms. The Balaban J connectivity index is 2.87. The van der Waals surface area contributed by atoms with Gasteiger partial charge in [0.2, 0.25) is 0 Å². The first-order chi connectivity index (χ1) is 8.27. The first-order valence-corrected chi connectivity index (χ1v) is 5.42. The summed E-state index contributed by atoms with van der Waals surface area (Å²) in [7, 11) is 1.38. The summed E-state index contributed by atoms with van der Waals surface area (Å²) in [4.78, 5) is 11.5. The van der Waals surface area contributed by atoms with Crippen LogP contribution in [0.25, 0.3) is 6.08 Å². The van der Waals surface area contributed by atoms with Crippen LogP contribution in [0.5, 0.6) is 0 Å². The molecule has 88 valence electrons. The number of carbonyl (C=O) groups excluding carboxylic acids is 1. The summed E-state index contributed by atoms with van der Waals surface area (Å²) in [5, 5.41) is 0. The number of benzene rings is 1. The summed E-state index contributed by atoms with van der Waals surface area (Å²) in [6.45, 7) is 1.90. The minimum absolute atomic E-state index is 0.338. The third kappa shape index (κ3) is 4.51. The molecule has 0 N–H and O–H groups in total. The monoisotopic (exact) mass is 228 g/mol. The van der Waals surface area contributed by atoms with Gasteiger partial charge in [0.1, 0.15) is 0 Å². The summed E-state index contributed by atoms with van der Waals surface area (Å²) in [5.41, 5.74) is 1.57. The predicted molar refractivity (Wildman–Crippen MR) is 70.4 cm³/mol. The third-order valence-corrected chi connectivity index (χ3v) is 2.14. The Morgan fingerprint density at radius 3 is 2.53 bits per heavy atom. The first kappa shape index (κ1) is 13.0. The van der Waals surface area contributed by atoms with Crippen LogP contribution in [0.2, 0.25) is 0 Å². The quantitative estimate of drug-likeness (QED) is 0.448. The van der Waals surface area contributed by atoms with Gasteiger partial charge in [-0.05, 0) is 24.6 Å². The van der Waals surface area contributed by atoms with Gasteiger partial charge < -0.3 is 4.74 Å². The summed E-state index contributed by atoms with van der Waals surface area (Å²) in [5.74, 6) is -0.338. The van der Waals surface area contributed by atoms with Crippen LogP contribution in [0.15, 0.2) is 60.2 Å². The van der Waals surface area contributed by atoms with Gasteiger partial charge in [-0.25, -0.2) is 4.79 Å². The van der Waals surface area contributed by atoms with Crippen molar-refractivity contribution >= 4 is 12.0 Å². The lowest BCUT2D eigenvalue weighted by atomic mass is 10.1. The highest BCUT2D eigenvalue weighted by molar-refractivity contribution is 5.93. The fourth-order valence-electron chi connectivity index (χ4n) is 1.26. The van der Waals surface area contributed by atoms with Gasteiger partial charge in [-0.2, -0.15) is 0 Å². The van der Waals surface area contributed by atoms with E-state index in [1.807, 2.05) is 55.5 Å². The maximum absolute atomic E-state index is 11.5. The van der Waals surface area contributed by atoms with E-state index in [4.69, 9.17) is 4.74 Å². The highest BCUT2D eigenvalue weighted by Crippen LogP contribution is 2.07. The largest absolute Gasteiger partial charge is 0.465 e. The molecule has 0 aliphatic rings. The molecule has 0 bridgehead atoms. The van der Waals surface area contributed by atoms with Crippen molar-refractivity contribution in [2.75, 3.05) is 7.11 Å². The Bertz CT molecular complexity index is 439. The van der Waals surface area contributed by atoms with E-state index < -0.39 is 0 Å². The van der Waals surface area contributed by atoms with Crippen molar-refractivity contribution in [1.82, 2.24) is 0 Å². The van der Waals surface area contributed by atoms with Crippen LogP contribution in [0.3, 0.4) is 0 Å². The molecule has 0 atom stereocenters. The molecular weight excluding hydrogens is 212 g/mol. The Morgan fingerprint density at radius 1 is 1.24 bits per heavy atom. The molecule has 0 unspecified atom stereocenters. The molecule has 2 nitrogen and oxygen atoms in total. The molecule has 2 heteroatoms. The standard InChI is InChI=1S/C15H16O2/c1-3-4-10-14(15(16)17-2)12-11-13-8-6-5-7-9-13/h3-12H,1-2H3/b4-3+,12-11+,14-10-. The van der Waals surface area contributed by atoms with E-state index in [9.17, 15) is 4.79 Å². The summed E-state index contributed by atoms with van der Waals surface area (Å²) >= 11 is 0. The molecule has 0 fully saturated rings. The highest BCUT2D eigenvalue weighted by atomic mass is 16.5. The van der Waals surface area contributed by atoms with Crippen LogP contribution < -0.4 is 0 Å². The molecule has 0 heterocycles. The van der Waals surface area contributed by atoms with E-state index in [2.05, 4.69) is 0 Å². The van der Waals surface area contributed by atoms with E-state index >= 15 is 0 Å². The Labute approximate surface area is 102 Å². The van der Waals surface area contributed by atoms with Gasteiger partial charge in [0, 0.05) is 0 Å². The van der Waals surface area contributed by atoms with Crippen LogP contribution in [0, 0.1) is 0 Å². The minimum Gasteiger partial charge on any atom is -0.465 e. The summed E-state index contributed by atoms with van der Waals surface area (Å²) < 4.78 is 4.71. The van der Waals surface area contributed by atoms with Crippen molar-refractivity contribution in [3.05, 3.63) is 65.8 Å². The normalized spacial score (nSPS) is 12.2. The van der Waals surface area contributed by atoms with Gasteiger partial charge >= 0.3 is 5.97 Å². The molecule has 1 rings (SSSR count). The first-order valence-electron chi connectivity index (χ1n) is 5.42. The van der Waals surface area contributed by atoms with Gasteiger partial charge in [0.25, 0.3) is 0 Å². The van der Waals surface area contributed by atoms with Crippen molar-refractivity contribution in [1.29, 1.82) is 0 Å². The number of hydrogen-bond acceptors (Lipinski definition) is 2. The lowest BCUT2D eigenvalue weighted by Gasteiger charge is -1.98. The molecule has 1 aromatic rings. The van der Waals surface area contributed by atoms with E-state index in [0.29, 0.717) is 5.57 Å². The van der Waals surface area contributed by atoms with E-state index in [1.54, 1.807) is 12.2 Å². The molecule has 1 aromatic carbocycles. The number of hydrogen-bond donors (Lipinski definition) is 0. The molecule has 17 heavy (non-hydrogen) atoms. The van der Waals surface area contributed by atoms with Crippen LogP contribution >= 0.6 is 0 Å². The fraction of sp³-hybridized carbons (Fsp3) is 0.133. The molecule has 0 radical (unpaired) electrons. The molecule has 0 saturated carbocycles. The molecule has 0 amide bonds. The second-order valence-corrected chi connectivity index (χ2v) is 3.38. The zero-order valence-corrected chi connectivity index (χ0v) is 10.1. The van der Waals surface area contributed by atoms with Gasteiger partial charge in [0.15, 0.2) is 0 Å². The highest BCUT2D eigenvalue weighted by Gasteiger charge is 2.03. The average molecular weight is 228 g/mol. The second-order valence-electron chi connectivity index (χ2n) is 3.38. The fourth-order valence-corrected chi connectivity index (χ4v) is 1.26. The predicted octanol–water partition coefficient (Wildman–Crippen LogP) is 3.38. The minimum atomic E-state index is -0.338. The van der Waals surface area contributed by atoms with Gasteiger partial charge in [0.05, 0.1) is 12.7 Å². The summed E-state index contributed by atoms with van der Waals surface area (Å²) in [6.07, 6.45) is 9.03. The molecule has 0 aliphatic carbocycles. The maximum atomic E-state index is 11.5. The Hall–Kier alpha value is -2.09. The van der Waals surface area contributed by atoms with Crippen molar-refractivity contribution in [2.24, 2.45) is 0 Å². The second kappa shape index (κ2) is 7.23. The number of ether oxygens (including phenoxy) is 1. The average Bonchev–Trinajstić information content (AvgIpc) is 2.39.